The lowest BCUT2D eigenvalue weighted by Crippen LogP contribution is -2.30. The lowest BCUT2D eigenvalue weighted by atomic mass is 9.89. The molecule has 0 fully saturated rings. The van der Waals surface area contributed by atoms with Gasteiger partial charge in [-0.25, -0.2) is 0 Å². The van der Waals surface area contributed by atoms with Gasteiger partial charge < -0.3 is 10.1 Å². The second kappa shape index (κ2) is 6.24. The molecule has 2 unspecified atom stereocenters. The van der Waals surface area contributed by atoms with E-state index in [4.69, 9.17) is 4.74 Å². The minimum atomic E-state index is 0.369. The van der Waals surface area contributed by atoms with Crippen LogP contribution in [-0.4, -0.2) is 19.2 Å². The summed E-state index contributed by atoms with van der Waals surface area (Å²) in [7, 11) is 0. The van der Waals surface area contributed by atoms with Crippen LogP contribution in [0.3, 0.4) is 0 Å². The molecule has 2 heteroatoms. The molecule has 2 rings (SSSR count). The minimum Gasteiger partial charge on any atom is -0.490 e. The number of benzene rings is 1. The maximum atomic E-state index is 6.04. The zero-order chi connectivity index (χ0) is 13.0. The lowest BCUT2D eigenvalue weighted by molar-refractivity contribution is 0.173. The van der Waals surface area contributed by atoms with Crippen molar-refractivity contribution in [3.8, 4) is 5.75 Å². The monoisotopic (exact) mass is 247 g/mol. The summed E-state index contributed by atoms with van der Waals surface area (Å²) in [4.78, 5) is 0. The van der Waals surface area contributed by atoms with Crippen molar-refractivity contribution in [3.05, 3.63) is 29.8 Å². The van der Waals surface area contributed by atoms with Crippen molar-refractivity contribution in [2.75, 3.05) is 13.1 Å². The van der Waals surface area contributed by atoms with E-state index in [1.54, 1.807) is 0 Å². The normalized spacial score (nSPS) is 19.7. The third-order valence-electron chi connectivity index (χ3n) is 3.88. The van der Waals surface area contributed by atoms with Crippen LogP contribution in [-0.2, 0) is 6.42 Å². The van der Waals surface area contributed by atoms with E-state index in [1.165, 1.54) is 5.56 Å². The van der Waals surface area contributed by atoms with E-state index < -0.39 is 0 Å². The fraction of sp³-hybridized carbons (Fsp3) is 0.625. The Bertz CT molecular complexity index is 350. The first-order chi connectivity index (χ1) is 8.70. The van der Waals surface area contributed by atoms with E-state index in [9.17, 15) is 0 Å². The summed E-state index contributed by atoms with van der Waals surface area (Å²) in [5, 5.41) is 3.47. The van der Waals surface area contributed by atoms with Crippen molar-refractivity contribution in [1.29, 1.82) is 0 Å². The molecule has 1 aromatic carbocycles. The molecule has 2 atom stereocenters. The third kappa shape index (κ3) is 3.26. The van der Waals surface area contributed by atoms with E-state index in [2.05, 4.69) is 50.4 Å². The number of hydrogen-bond acceptors (Lipinski definition) is 2. The van der Waals surface area contributed by atoms with Crippen LogP contribution >= 0.6 is 0 Å². The van der Waals surface area contributed by atoms with Gasteiger partial charge in [-0.15, -0.1) is 0 Å². The number of nitrogens with one attached hydrogen (secondary N) is 1. The molecule has 2 nitrogen and oxygen atoms in total. The standard InChI is InChI=1S/C16H25NO/c1-4-17-11-14(12(2)3)10-15-9-13-7-5-6-8-16(13)18-15/h5-8,12,14-15,17H,4,9-11H2,1-3H3. The van der Waals surface area contributed by atoms with E-state index in [-0.39, 0.29) is 0 Å². The predicted octanol–water partition coefficient (Wildman–Crippen LogP) is 3.26. The maximum absolute atomic E-state index is 6.04. The second-order valence-electron chi connectivity index (χ2n) is 5.60. The minimum absolute atomic E-state index is 0.369. The van der Waals surface area contributed by atoms with Crippen molar-refractivity contribution in [2.45, 2.75) is 39.7 Å². The topological polar surface area (TPSA) is 21.3 Å². The molecule has 1 aromatic rings. The molecule has 0 bridgehead atoms. The Hall–Kier alpha value is -1.02. The molecule has 0 radical (unpaired) electrons. The lowest BCUT2D eigenvalue weighted by Gasteiger charge is -2.24. The summed E-state index contributed by atoms with van der Waals surface area (Å²) in [6.07, 6.45) is 2.60. The number of hydrogen-bond donors (Lipinski definition) is 1. The molecular formula is C16H25NO. The number of rotatable bonds is 6. The van der Waals surface area contributed by atoms with Gasteiger partial charge in [-0.05, 0) is 43.0 Å². The molecule has 100 valence electrons. The molecule has 1 heterocycles. The van der Waals surface area contributed by atoms with Crippen LogP contribution in [0.2, 0.25) is 0 Å². The zero-order valence-corrected chi connectivity index (χ0v) is 11.8. The summed E-state index contributed by atoms with van der Waals surface area (Å²) in [6, 6.07) is 8.43. The van der Waals surface area contributed by atoms with E-state index in [1.807, 2.05) is 0 Å². The van der Waals surface area contributed by atoms with Crippen molar-refractivity contribution in [3.63, 3.8) is 0 Å². The maximum Gasteiger partial charge on any atom is 0.123 e. The van der Waals surface area contributed by atoms with Gasteiger partial charge in [-0.2, -0.15) is 0 Å². The quantitative estimate of drug-likeness (QED) is 0.833. The van der Waals surface area contributed by atoms with Crippen molar-refractivity contribution in [1.82, 2.24) is 5.32 Å². The zero-order valence-electron chi connectivity index (χ0n) is 11.8. The van der Waals surface area contributed by atoms with E-state index >= 15 is 0 Å². The Kier molecular flexibility index (Phi) is 4.65. The average Bonchev–Trinajstić information content (AvgIpc) is 2.76. The van der Waals surface area contributed by atoms with Gasteiger partial charge in [0, 0.05) is 6.42 Å². The van der Waals surface area contributed by atoms with Crippen LogP contribution in [0.15, 0.2) is 24.3 Å². The molecule has 0 aromatic heterocycles. The Balaban J connectivity index is 1.90. The summed E-state index contributed by atoms with van der Waals surface area (Å²) >= 11 is 0. The van der Waals surface area contributed by atoms with Gasteiger partial charge in [0.1, 0.15) is 11.9 Å². The molecule has 0 aliphatic carbocycles. The van der Waals surface area contributed by atoms with Gasteiger partial charge in [0.25, 0.3) is 0 Å². The molecule has 1 aliphatic heterocycles. The summed E-state index contributed by atoms with van der Waals surface area (Å²) in [6.45, 7) is 8.94. The summed E-state index contributed by atoms with van der Waals surface area (Å²) < 4.78 is 6.04. The first-order valence-electron chi connectivity index (χ1n) is 7.16. The SMILES string of the molecule is CCNCC(CC1Cc2ccccc2O1)C(C)C. The molecule has 1 aliphatic rings. The number of para-hydroxylation sites is 1. The largest absolute Gasteiger partial charge is 0.490 e. The highest BCUT2D eigenvalue weighted by molar-refractivity contribution is 5.37. The van der Waals surface area contributed by atoms with E-state index in [0.717, 1.165) is 31.7 Å². The fourth-order valence-corrected chi connectivity index (χ4v) is 2.64. The fourth-order valence-electron chi connectivity index (χ4n) is 2.64. The summed E-state index contributed by atoms with van der Waals surface area (Å²) in [5.74, 6) is 2.49. The Morgan fingerprint density at radius 2 is 2.11 bits per heavy atom. The van der Waals surface area contributed by atoms with Crippen LogP contribution in [0.5, 0.6) is 5.75 Å². The molecule has 18 heavy (non-hydrogen) atoms. The highest BCUT2D eigenvalue weighted by Crippen LogP contribution is 2.32. The van der Waals surface area contributed by atoms with Gasteiger partial charge in [0.05, 0.1) is 0 Å². The van der Waals surface area contributed by atoms with Crippen LogP contribution in [0.1, 0.15) is 32.8 Å². The smallest absolute Gasteiger partial charge is 0.123 e. The molecule has 1 N–H and O–H groups in total. The van der Waals surface area contributed by atoms with E-state index in [0.29, 0.717) is 17.9 Å². The predicted molar refractivity (Wildman–Crippen MR) is 76.1 cm³/mol. The van der Waals surface area contributed by atoms with Crippen molar-refractivity contribution in [2.24, 2.45) is 11.8 Å². The Labute approximate surface area is 111 Å². The number of ether oxygens (including phenoxy) is 1. The summed E-state index contributed by atoms with van der Waals surface area (Å²) in [5.41, 5.74) is 1.37. The first kappa shape index (κ1) is 13.4. The molecular weight excluding hydrogens is 222 g/mol. The van der Waals surface area contributed by atoms with Gasteiger partial charge in [0.15, 0.2) is 0 Å². The average molecular weight is 247 g/mol. The van der Waals surface area contributed by atoms with Gasteiger partial charge in [-0.3, -0.25) is 0 Å². The molecule has 0 spiro atoms. The van der Waals surface area contributed by atoms with Crippen molar-refractivity contribution < 1.29 is 4.74 Å². The highest BCUT2D eigenvalue weighted by atomic mass is 16.5. The van der Waals surface area contributed by atoms with Crippen LogP contribution < -0.4 is 10.1 Å². The third-order valence-corrected chi connectivity index (χ3v) is 3.88. The molecule has 0 amide bonds. The Morgan fingerprint density at radius 1 is 1.33 bits per heavy atom. The van der Waals surface area contributed by atoms with Gasteiger partial charge in [0.2, 0.25) is 0 Å². The first-order valence-corrected chi connectivity index (χ1v) is 7.16. The van der Waals surface area contributed by atoms with Crippen LogP contribution in [0.4, 0.5) is 0 Å². The van der Waals surface area contributed by atoms with Gasteiger partial charge >= 0.3 is 0 Å². The van der Waals surface area contributed by atoms with Crippen LogP contribution in [0, 0.1) is 11.8 Å². The van der Waals surface area contributed by atoms with Crippen molar-refractivity contribution >= 4 is 0 Å². The molecule has 0 saturated heterocycles. The van der Waals surface area contributed by atoms with Crippen LogP contribution in [0.25, 0.3) is 0 Å². The molecule has 0 saturated carbocycles. The number of fused-ring (bicyclic) bond motifs is 1. The Morgan fingerprint density at radius 3 is 2.78 bits per heavy atom. The van der Waals surface area contributed by atoms with Gasteiger partial charge in [-0.1, -0.05) is 39.0 Å². The highest BCUT2D eigenvalue weighted by Gasteiger charge is 2.26. The second-order valence-corrected chi connectivity index (χ2v) is 5.60.